The van der Waals surface area contributed by atoms with E-state index in [1.165, 1.54) is 41.6 Å². The molecule has 0 amide bonds. The van der Waals surface area contributed by atoms with Crippen molar-refractivity contribution >= 4 is 24.1 Å². The lowest BCUT2D eigenvalue weighted by atomic mass is 9.85. The van der Waals surface area contributed by atoms with Crippen molar-refractivity contribution in [1.82, 2.24) is 10.3 Å². The van der Waals surface area contributed by atoms with E-state index in [2.05, 4.69) is 38.8 Å². The number of halogens is 1. The van der Waals surface area contributed by atoms with Gasteiger partial charge in [0.15, 0.2) is 5.96 Å². The number of anilines is 1. The van der Waals surface area contributed by atoms with Crippen molar-refractivity contribution in [2.24, 2.45) is 4.99 Å². The number of pyridine rings is 1. The maximum absolute atomic E-state index is 4.67. The molecule has 2 aromatic rings. The Kier molecular flexibility index (Phi) is 4.29. The zero-order chi connectivity index (χ0) is 14.1. The number of aromatic nitrogens is 1. The first kappa shape index (κ1) is 14.9. The molecule has 2 aliphatic rings. The summed E-state index contributed by atoms with van der Waals surface area (Å²) in [5, 5.41) is 6.97. The number of hydrogen-bond acceptors (Lipinski definition) is 2. The Morgan fingerprint density at radius 2 is 2.05 bits per heavy atom. The normalized spacial score (nSPS) is 20.4. The number of benzene rings is 1. The van der Waals surface area contributed by atoms with Crippen molar-refractivity contribution in [1.29, 1.82) is 0 Å². The highest BCUT2D eigenvalue weighted by molar-refractivity contribution is 5.97. The Labute approximate surface area is 136 Å². The second-order valence-electron chi connectivity index (χ2n) is 5.61. The van der Waals surface area contributed by atoms with E-state index in [-0.39, 0.29) is 12.4 Å². The lowest BCUT2D eigenvalue weighted by Crippen LogP contribution is -2.40. The minimum absolute atomic E-state index is 0. The molecule has 0 bridgehead atoms. The first-order valence-corrected chi connectivity index (χ1v) is 7.49. The van der Waals surface area contributed by atoms with Gasteiger partial charge in [-0.25, -0.2) is 4.99 Å². The summed E-state index contributed by atoms with van der Waals surface area (Å²) in [5.74, 6) is 0.878. The molecule has 2 heterocycles. The van der Waals surface area contributed by atoms with E-state index in [9.17, 15) is 0 Å². The van der Waals surface area contributed by atoms with Gasteiger partial charge < -0.3 is 10.6 Å². The quantitative estimate of drug-likeness (QED) is 0.892. The molecule has 1 aliphatic carbocycles. The van der Waals surface area contributed by atoms with Crippen LogP contribution in [0.5, 0.6) is 0 Å². The molecule has 22 heavy (non-hydrogen) atoms. The van der Waals surface area contributed by atoms with E-state index < -0.39 is 0 Å². The molecule has 4 rings (SSSR count). The molecule has 4 nitrogen and oxygen atoms in total. The Balaban J connectivity index is 0.00000144. The molecule has 114 valence electrons. The lowest BCUT2D eigenvalue weighted by Gasteiger charge is -2.34. The summed E-state index contributed by atoms with van der Waals surface area (Å²) in [4.78, 5) is 8.70. The van der Waals surface area contributed by atoms with Gasteiger partial charge in [0.1, 0.15) is 0 Å². The van der Waals surface area contributed by atoms with Crippen LogP contribution in [0.3, 0.4) is 0 Å². The predicted molar refractivity (Wildman–Crippen MR) is 91.5 cm³/mol. The SMILES string of the molecule is Cl.c1cc2c3c(c1)NC(=NCc1ccncc1)NC3CCC2. The molecular formula is C17H19ClN4. The number of nitrogens with one attached hydrogen (secondary N) is 2. The maximum atomic E-state index is 4.67. The highest BCUT2D eigenvalue weighted by atomic mass is 35.5. The third-order valence-electron chi connectivity index (χ3n) is 4.22. The largest absolute Gasteiger partial charge is 0.349 e. The van der Waals surface area contributed by atoms with Crippen LogP contribution in [-0.4, -0.2) is 10.9 Å². The zero-order valence-electron chi connectivity index (χ0n) is 12.2. The van der Waals surface area contributed by atoms with Crippen LogP contribution in [0.15, 0.2) is 47.7 Å². The van der Waals surface area contributed by atoms with Crippen molar-refractivity contribution < 1.29 is 0 Å². The highest BCUT2D eigenvalue weighted by Crippen LogP contribution is 2.37. The van der Waals surface area contributed by atoms with E-state index in [0.29, 0.717) is 12.6 Å². The van der Waals surface area contributed by atoms with E-state index in [4.69, 9.17) is 0 Å². The molecule has 0 saturated heterocycles. The summed E-state index contributed by atoms with van der Waals surface area (Å²) in [5.41, 5.74) is 5.29. The van der Waals surface area contributed by atoms with Gasteiger partial charge in [0.05, 0.1) is 12.6 Å². The van der Waals surface area contributed by atoms with E-state index >= 15 is 0 Å². The molecule has 2 N–H and O–H groups in total. The van der Waals surface area contributed by atoms with Gasteiger partial charge in [-0.3, -0.25) is 4.98 Å². The zero-order valence-corrected chi connectivity index (χ0v) is 13.1. The van der Waals surface area contributed by atoms with Crippen LogP contribution in [-0.2, 0) is 13.0 Å². The number of nitrogens with zero attached hydrogens (tertiary/aromatic N) is 2. The minimum atomic E-state index is 0. The molecule has 1 unspecified atom stereocenters. The van der Waals surface area contributed by atoms with Gasteiger partial charge in [-0.05, 0) is 48.6 Å². The smallest absolute Gasteiger partial charge is 0.196 e. The standard InChI is InChI=1S/C17H18N4.ClH/c1-3-13-4-2-6-15-16(13)14(5-1)20-17(21-15)19-11-12-7-9-18-10-8-12;/h1,3,5,7-10,15H,2,4,6,11H2,(H2,19,20,21);1H. The summed E-state index contributed by atoms with van der Waals surface area (Å²) < 4.78 is 0. The van der Waals surface area contributed by atoms with Gasteiger partial charge in [-0.15, -0.1) is 12.4 Å². The number of aliphatic imine (C=N–C) groups is 1. The van der Waals surface area contributed by atoms with E-state index in [1.54, 1.807) is 12.4 Å². The average Bonchev–Trinajstić information content (AvgIpc) is 2.54. The van der Waals surface area contributed by atoms with Crippen LogP contribution in [0.2, 0.25) is 0 Å². The first-order valence-electron chi connectivity index (χ1n) is 7.49. The first-order chi connectivity index (χ1) is 10.4. The molecule has 1 atom stereocenters. The second-order valence-corrected chi connectivity index (χ2v) is 5.61. The molecular weight excluding hydrogens is 296 g/mol. The number of hydrogen-bond donors (Lipinski definition) is 2. The molecule has 1 aliphatic heterocycles. The van der Waals surface area contributed by atoms with E-state index in [0.717, 1.165) is 5.96 Å². The number of guanidine groups is 1. The van der Waals surface area contributed by atoms with Gasteiger partial charge in [-0.1, -0.05) is 12.1 Å². The van der Waals surface area contributed by atoms with Gasteiger partial charge in [-0.2, -0.15) is 0 Å². The van der Waals surface area contributed by atoms with Gasteiger partial charge >= 0.3 is 0 Å². The van der Waals surface area contributed by atoms with Crippen molar-refractivity contribution in [3.05, 3.63) is 59.4 Å². The second kappa shape index (κ2) is 6.36. The average molecular weight is 315 g/mol. The molecule has 0 fully saturated rings. The molecule has 0 saturated carbocycles. The summed E-state index contributed by atoms with van der Waals surface area (Å²) >= 11 is 0. The van der Waals surface area contributed by atoms with E-state index in [1.807, 2.05) is 12.1 Å². The summed E-state index contributed by atoms with van der Waals surface area (Å²) in [6.45, 7) is 0.666. The van der Waals surface area contributed by atoms with Crippen molar-refractivity contribution in [3.63, 3.8) is 0 Å². The van der Waals surface area contributed by atoms with Crippen LogP contribution in [0.4, 0.5) is 5.69 Å². The lowest BCUT2D eigenvalue weighted by molar-refractivity contribution is 0.521. The summed E-state index contributed by atoms with van der Waals surface area (Å²) in [6, 6.07) is 10.9. The fourth-order valence-electron chi connectivity index (χ4n) is 3.21. The fourth-order valence-corrected chi connectivity index (χ4v) is 3.21. The van der Waals surface area contributed by atoms with Crippen LogP contribution in [0.1, 0.15) is 35.6 Å². The summed E-state index contributed by atoms with van der Waals surface area (Å²) in [7, 11) is 0. The van der Waals surface area contributed by atoms with Gasteiger partial charge in [0.2, 0.25) is 0 Å². The maximum Gasteiger partial charge on any atom is 0.196 e. The topological polar surface area (TPSA) is 49.3 Å². The predicted octanol–water partition coefficient (Wildman–Crippen LogP) is 3.45. The van der Waals surface area contributed by atoms with Crippen LogP contribution in [0.25, 0.3) is 0 Å². The fraction of sp³-hybridized carbons (Fsp3) is 0.294. The number of aryl methyl sites for hydroxylation is 1. The monoisotopic (exact) mass is 314 g/mol. The number of rotatable bonds is 2. The summed E-state index contributed by atoms with van der Waals surface area (Å²) in [6.07, 6.45) is 7.22. The molecule has 5 heteroatoms. The molecule has 0 radical (unpaired) electrons. The van der Waals surface area contributed by atoms with Crippen molar-refractivity contribution in [2.75, 3.05) is 5.32 Å². The minimum Gasteiger partial charge on any atom is -0.349 e. The van der Waals surface area contributed by atoms with Gasteiger partial charge in [0, 0.05) is 23.6 Å². The third-order valence-corrected chi connectivity index (χ3v) is 4.22. The Hall–Kier alpha value is -2.07. The van der Waals surface area contributed by atoms with Gasteiger partial charge in [0.25, 0.3) is 0 Å². The van der Waals surface area contributed by atoms with Crippen LogP contribution >= 0.6 is 12.4 Å². The Morgan fingerprint density at radius 3 is 2.91 bits per heavy atom. The Morgan fingerprint density at radius 1 is 1.18 bits per heavy atom. The van der Waals surface area contributed by atoms with Crippen molar-refractivity contribution in [3.8, 4) is 0 Å². The van der Waals surface area contributed by atoms with Crippen LogP contribution in [0, 0.1) is 0 Å². The molecule has 1 aromatic carbocycles. The molecule has 1 aromatic heterocycles. The third kappa shape index (κ3) is 2.79. The molecule has 0 spiro atoms. The Bertz CT molecular complexity index is 684. The van der Waals surface area contributed by atoms with Crippen LogP contribution < -0.4 is 10.6 Å². The van der Waals surface area contributed by atoms with Crippen molar-refractivity contribution in [2.45, 2.75) is 31.8 Å². The highest BCUT2D eigenvalue weighted by Gasteiger charge is 2.27.